The molecule has 0 amide bonds. The van der Waals surface area contributed by atoms with Crippen molar-refractivity contribution in [2.24, 2.45) is 10.1 Å². The number of aromatic nitrogens is 1. The standard InChI is InChI=1S/C24H27N3O2S/c1-25-24-27(22(16-30-24)21-15-20(28-2)13-14-23(21)29-3)26-19-11-9-18(10-12-19)17-7-5-4-6-8-17/h4-8,13-16,18H,9-12H2,1-3H3. The van der Waals surface area contributed by atoms with Crippen molar-refractivity contribution in [1.82, 2.24) is 4.68 Å². The molecule has 5 nitrogen and oxygen atoms in total. The van der Waals surface area contributed by atoms with Crippen LogP contribution < -0.4 is 14.3 Å². The summed E-state index contributed by atoms with van der Waals surface area (Å²) in [7, 11) is 5.16. The van der Waals surface area contributed by atoms with Crippen LogP contribution in [0.5, 0.6) is 11.5 Å². The van der Waals surface area contributed by atoms with Gasteiger partial charge in [0.1, 0.15) is 11.5 Å². The van der Waals surface area contributed by atoms with E-state index in [1.165, 1.54) is 11.3 Å². The van der Waals surface area contributed by atoms with E-state index in [0.717, 1.165) is 53.2 Å². The second kappa shape index (κ2) is 9.30. The van der Waals surface area contributed by atoms with Gasteiger partial charge in [0, 0.05) is 23.7 Å². The van der Waals surface area contributed by atoms with Gasteiger partial charge in [0.05, 0.1) is 19.9 Å². The van der Waals surface area contributed by atoms with E-state index in [2.05, 4.69) is 40.7 Å². The minimum absolute atomic E-state index is 0.617. The van der Waals surface area contributed by atoms with Crippen LogP contribution in [0.15, 0.2) is 64.0 Å². The normalized spacial score (nSPS) is 17.1. The second-order valence-electron chi connectivity index (χ2n) is 7.36. The Morgan fingerprint density at radius 3 is 2.43 bits per heavy atom. The summed E-state index contributed by atoms with van der Waals surface area (Å²) in [6.07, 6.45) is 4.26. The Morgan fingerprint density at radius 2 is 1.77 bits per heavy atom. The first kappa shape index (κ1) is 20.4. The fourth-order valence-corrected chi connectivity index (χ4v) is 4.79. The molecule has 1 aromatic heterocycles. The summed E-state index contributed by atoms with van der Waals surface area (Å²) in [6.45, 7) is 0. The average Bonchev–Trinajstić information content (AvgIpc) is 3.22. The summed E-state index contributed by atoms with van der Waals surface area (Å²) in [5.41, 5.74) is 4.57. The second-order valence-corrected chi connectivity index (χ2v) is 8.19. The third kappa shape index (κ3) is 4.19. The lowest BCUT2D eigenvalue weighted by Crippen LogP contribution is -2.18. The first-order chi connectivity index (χ1) is 14.7. The molecule has 0 saturated heterocycles. The summed E-state index contributed by atoms with van der Waals surface area (Å²) >= 11 is 1.58. The first-order valence-electron chi connectivity index (χ1n) is 10.2. The maximum absolute atomic E-state index is 5.61. The maximum atomic E-state index is 5.61. The molecule has 1 aliphatic carbocycles. The van der Waals surface area contributed by atoms with Crippen LogP contribution in [-0.4, -0.2) is 31.7 Å². The molecule has 30 heavy (non-hydrogen) atoms. The molecular formula is C24H27N3O2S. The van der Waals surface area contributed by atoms with Crippen molar-refractivity contribution < 1.29 is 9.47 Å². The van der Waals surface area contributed by atoms with Gasteiger partial charge in [-0.05, 0) is 55.4 Å². The van der Waals surface area contributed by atoms with Gasteiger partial charge in [0.15, 0.2) is 0 Å². The number of thiazole rings is 1. The topological polar surface area (TPSA) is 48.1 Å². The smallest absolute Gasteiger partial charge is 0.205 e. The van der Waals surface area contributed by atoms with Gasteiger partial charge in [0.25, 0.3) is 0 Å². The SMILES string of the molecule is CN=c1scc(-c2cc(OC)ccc2OC)n1N=C1CCC(c2ccccc2)CC1. The molecule has 0 unspecified atom stereocenters. The molecule has 0 radical (unpaired) electrons. The Balaban J connectivity index is 1.66. The summed E-state index contributed by atoms with van der Waals surface area (Å²) in [6, 6.07) is 16.6. The van der Waals surface area contributed by atoms with E-state index in [4.69, 9.17) is 14.6 Å². The highest BCUT2D eigenvalue weighted by Gasteiger charge is 2.20. The molecule has 1 saturated carbocycles. The molecule has 1 aliphatic rings. The molecule has 6 heteroatoms. The summed E-state index contributed by atoms with van der Waals surface area (Å²) < 4.78 is 13.0. The Kier molecular flexibility index (Phi) is 6.33. The Labute approximate surface area is 181 Å². The maximum Gasteiger partial charge on any atom is 0.205 e. The third-order valence-electron chi connectivity index (χ3n) is 5.63. The molecule has 156 valence electrons. The molecular weight excluding hydrogens is 394 g/mol. The average molecular weight is 422 g/mol. The van der Waals surface area contributed by atoms with E-state index >= 15 is 0 Å². The van der Waals surface area contributed by atoms with Crippen molar-refractivity contribution in [2.75, 3.05) is 21.3 Å². The van der Waals surface area contributed by atoms with Gasteiger partial charge in [-0.25, -0.2) is 4.68 Å². The fraction of sp³-hybridized carbons (Fsp3) is 0.333. The van der Waals surface area contributed by atoms with Crippen LogP contribution in [0.1, 0.15) is 37.2 Å². The Hall–Kier alpha value is -2.86. The van der Waals surface area contributed by atoms with Crippen LogP contribution in [0, 0.1) is 0 Å². The van der Waals surface area contributed by atoms with Gasteiger partial charge in [0.2, 0.25) is 4.80 Å². The molecule has 0 aliphatic heterocycles. The van der Waals surface area contributed by atoms with Gasteiger partial charge in [-0.15, -0.1) is 11.3 Å². The highest BCUT2D eigenvalue weighted by molar-refractivity contribution is 7.07. The summed E-state index contributed by atoms with van der Waals surface area (Å²) in [4.78, 5) is 5.31. The minimum Gasteiger partial charge on any atom is -0.497 e. The van der Waals surface area contributed by atoms with E-state index < -0.39 is 0 Å². The number of rotatable bonds is 5. The van der Waals surface area contributed by atoms with Gasteiger partial charge < -0.3 is 9.47 Å². The number of hydrogen-bond acceptors (Lipinski definition) is 5. The van der Waals surface area contributed by atoms with Crippen molar-refractivity contribution in [2.45, 2.75) is 31.6 Å². The molecule has 0 spiro atoms. The van der Waals surface area contributed by atoms with E-state index in [1.54, 1.807) is 32.6 Å². The molecule has 0 bridgehead atoms. The monoisotopic (exact) mass is 421 g/mol. The molecule has 0 atom stereocenters. The van der Waals surface area contributed by atoms with Gasteiger partial charge in [-0.1, -0.05) is 30.3 Å². The molecule has 1 fully saturated rings. The zero-order valence-corrected chi connectivity index (χ0v) is 18.5. The zero-order chi connectivity index (χ0) is 20.9. The summed E-state index contributed by atoms with van der Waals surface area (Å²) in [5, 5.41) is 7.12. The number of benzene rings is 2. The van der Waals surface area contributed by atoms with Crippen LogP contribution in [0.3, 0.4) is 0 Å². The van der Waals surface area contributed by atoms with Crippen LogP contribution in [0.4, 0.5) is 0 Å². The quantitative estimate of drug-likeness (QED) is 0.559. The number of ether oxygens (including phenoxy) is 2. The van der Waals surface area contributed by atoms with E-state index in [1.807, 2.05) is 22.9 Å². The van der Waals surface area contributed by atoms with Crippen LogP contribution in [-0.2, 0) is 0 Å². The van der Waals surface area contributed by atoms with Gasteiger partial charge in [-0.2, -0.15) is 5.10 Å². The first-order valence-corrected chi connectivity index (χ1v) is 11.1. The van der Waals surface area contributed by atoms with Crippen LogP contribution in [0.25, 0.3) is 11.3 Å². The summed E-state index contributed by atoms with van der Waals surface area (Å²) in [5.74, 6) is 2.19. The Bertz CT molecular complexity index is 1090. The van der Waals surface area contributed by atoms with Crippen molar-refractivity contribution in [3.8, 4) is 22.8 Å². The molecule has 1 heterocycles. The number of nitrogens with zero attached hydrogens (tertiary/aromatic N) is 3. The Morgan fingerprint density at radius 1 is 1.00 bits per heavy atom. The lowest BCUT2D eigenvalue weighted by atomic mass is 9.83. The van der Waals surface area contributed by atoms with Crippen molar-refractivity contribution in [3.63, 3.8) is 0 Å². The van der Waals surface area contributed by atoms with E-state index in [9.17, 15) is 0 Å². The lowest BCUT2D eigenvalue weighted by molar-refractivity contribution is 0.404. The number of hydrogen-bond donors (Lipinski definition) is 0. The minimum atomic E-state index is 0.617. The van der Waals surface area contributed by atoms with Gasteiger partial charge >= 0.3 is 0 Å². The van der Waals surface area contributed by atoms with Crippen LogP contribution >= 0.6 is 11.3 Å². The van der Waals surface area contributed by atoms with Gasteiger partial charge in [-0.3, -0.25) is 4.99 Å². The predicted molar refractivity (Wildman–Crippen MR) is 123 cm³/mol. The highest BCUT2D eigenvalue weighted by Crippen LogP contribution is 2.35. The molecule has 0 N–H and O–H groups in total. The lowest BCUT2D eigenvalue weighted by Gasteiger charge is -2.23. The number of methoxy groups -OCH3 is 2. The molecule has 2 aromatic carbocycles. The van der Waals surface area contributed by atoms with E-state index in [0.29, 0.717) is 5.92 Å². The predicted octanol–water partition coefficient (Wildman–Crippen LogP) is 5.33. The van der Waals surface area contributed by atoms with Crippen molar-refractivity contribution >= 4 is 17.0 Å². The third-order valence-corrected chi connectivity index (χ3v) is 6.54. The van der Waals surface area contributed by atoms with Crippen molar-refractivity contribution in [1.29, 1.82) is 0 Å². The fourth-order valence-electron chi connectivity index (χ4n) is 4.00. The zero-order valence-electron chi connectivity index (χ0n) is 17.7. The molecule has 4 rings (SSSR count). The highest BCUT2D eigenvalue weighted by atomic mass is 32.1. The van der Waals surface area contributed by atoms with Crippen molar-refractivity contribution in [3.05, 3.63) is 64.3 Å². The van der Waals surface area contributed by atoms with Crippen LogP contribution in [0.2, 0.25) is 0 Å². The molecule has 3 aromatic rings. The van der Waals surface area contributed by atoms with E-state index in [-0.39, 0.29) is 0 Å². The largest absolute Gasteiger partial charge is 0.497 e.